The van der Waals surface area contributed by atoms with E-state index in [0.717, 1.165) is 37.5 Å². The van der Waals surface area contributed by atoms with Gasteiger partial charge >= 0.3 is 0 Å². The first-order valence-electron chi connectivity index (χ1n) is 7.58. The topological polar surface area (TPSA) is 28.1 Å². The summed E-state index contributed by atoms with van der Waals surface area (Å²) in [5, 5.41) is 6.71. The highest BCUT2D eigenvalue weighted by molar-refractivity contribution is 5.80. The van der Waals surface area contributed by atoms with Crippen LogP contribution in [0.4, 0.5) is 5.69 Å². The lowest BCUT2D eigenvalue weighted by Crippen LogP contribution is -2.44. The van der Waals surface area contributed by atoms with Crippen molar-refractivity contribution >= 4 is 11.9 Å². The lowest BCUT2D eigenvalue weighted by molar-refractivity contribution is 0.272. The lowest BCUT2D eigenvalue weighted by Gasteiger charge is -2.34. The molecule has 3 rings (SSSR count). The number of hydrogen-bond acceptors (Lipinski definition) is 4. The van der Waals surface area contributed by atoms with Crippen molar-refractivity contribution in [2.24, 2.45) is 5.10 Å². The monoisotopic (exact) mass is 295 g/mol. The van der Waals surface area contributed by atoms with Gasteiger partial charge in [-0.2, -0.15) is 5.10 Å². The third-order valence-electron chi connectivity index (χ3n) is 3.84. The standard InChI is InChI=1S/C18H21N3O/c1-22-18-9-5-6-16(14-18)15-19-21-12-10-20(11-13-21)17-7-3-2-4-8-17/h2-9,14-15H,10-13H2,1H3. The fourth-order valence-corrected chi connectivity index (χ4v) is 2.58. The Morgan fingerprint density at radius 1 is 0.955 bits per heavy atom. The van der Waals surface area contributed by atoms with Crippen LogP contribution in [-0.2, 0) is 0 Å². The van der Waals surface area contributed by atoms with Crippen LogP contribution in [0.3, 0.4) is 0 Å². The molecule has 4 heteroatoms. The van der Waals surface area contributed by atoms with Crippen molar-refractivity contribution in [3.63, 3.8) is 0 Å². The number of methoxy groups -OCH3 is 1. The van der Waals surface area contributed by atoms with Crippen molar-refractivity contribution in [2.75, 3.05) is 38.2 Å². The Kier molecular flexibility index (Phi) is 4.59. The van der Waals surface area contributed by atoms with E-state index in [2.05, 4.69) is 45.3 Å². The van der Waals surface area contributed by atoms with E-state index in [-0.39, 0.29) is 0 Å². The number of nitrogens with zero attached hydrogens (tertiary/aromatic N) is 3. The van der Waals surface area contributed by atoms with Crippen molar-refractivity contribution < 1.29 is 4.74 Å². The van der Waals surface area contributed by atoms with Crippen LogP contribution < -0.4 is 9.64 Å². The van der Waals surface area contributed by atoms with Gasteiger partial charge in [0.05, 0.1) is 26.4 Å². The minimum absolute atomic E-state index is 0.859. The Morgan fingerprint density at radius 3 is 2.45 bits per heavy atom. The van der Waals surface area contributed by atoms with Crippen molar-refractivity contribution in [3.8, 4) is 5.75 Å². The predicted octanol–water partition coefficient (Wildman–Crippen LogP) is 2.85. The molecule has 2 aromatic rings. The van der Waals surface area contributed by atoms with Crippen molar-refractivity contribution in [3.05, 3.63) is 60.2 Å². The predicted molar refractivity (Wildman–Crippen MR) is 90.8 cm³/mol. The fraction of sp³-hybridized carbons (Fsp3) is 0.278. The summed E-state index contributed by atoms with van der Waals surface area (Å²) in [5.41, 5.74) is 2.35. The number of rotatable bonds is 4. The number of benzene rings is 2. The minimum Gasteiger partial charge on any atom is -0.497 e. The van der Waals surface area contributed by atoms with Crippen LogP contribution in [0.15, 0.2) is 59.7 Å². The largest absolute Gasteiger partial charge is 0.497 e. The molecule has 22 heavy (non-hydrogen) atoms. The molecule has 0 unspecified atom stereocenters. The molecular formula is C18H21N3O. The summed E-state index contributed by atoms with van der Waals surface area (Å²) in [6.07, 6.45) is 1.90. The summed E-state index contributed by atoms with van der Waals surface area (Å²) in [7, 11) is 1.68. The number of piperazine rings is 1. The molecule has 2 aromatic carbocycles. The molecule has 1 aliphatic heterocycles. The summed E-state index contributed by atoms with van der Waals surface area (Å²) in [4.78, 5) is 2.40. The molecule has 1 heterocycles. The van der Waals surface area contributed by atoms with E-state index in [1.807, 2.05) is 30.5 Å². The number of hydrazone groups is 1. The average Bonchev–Trinajstić information content (AvgIpc) is 2.61. The maximum Gasteiger partial charge on any atom is 0.119 e. The fourth-order valence-electron chi connectivity index (χ4n) is 2.58. The molecule has 0 N–H and O–H groups in total. The van der Waals surface area contributed by atoms with Crippen molar-refractivity contribution in [2.45, 2.75) is 0 Å². The van der Waals surface area contributed by atoms with Gasteiger partial charge in [0.1, 0.15) is 5.75 Å². The third kappa shape index (κ3) is 3.58. The second-order valence-electron chi connectivity index (χ2n) is 5.30. The zero-order valence-corrected chi connectivity index (χ0v) is 12.9. The SMILES string of the molecule is COc1cccc(C=NN2CCN(c3ccccc3)CC2)c1. The molecule has 0 atom stereocenters. The third-order valence-corrected chi connectivity index (χ3v) is 3.84. The normalized spacial score (nSPS) is 15.3. The van der Waals surface area contributed by atoms with E-state index in [9.17, 15) is 0 Å². The second-order valence-corrected chi connectivity index (χ2v) is 5.30. The molecule has 0 saturated carbocycles. The minimum atomic E-state index is 0.859. The summed E-state index contributed by atoms with van der Waals surface area (Å²) in [6, 6.07) is 18.5. The summed E-state index contributed by atoms with van der Waals surface area (Å²) in [5.74, 6) is 0.859. The zero-order chi connectivity index (χ0) is 15.2. The van der Waals surface area contributed by atoms with Crippen LogP contribution in [0.25, 0.3) is 0 Å². The summed E-state index contributed by atoms with van der Waals surface area (Å²) >= 11 is 0. The number of hydrogen-bond donors (Lipinski definition) is 0. The Labute approximate surface area is 131 Å². The summed E-state index contributed by atoms with van der Waals surface area (Å²) in [6.45, 7) is 3.88. The maximum atomic E-state index is 5.23. The van der Waals surface area contributed by atoms with Gasteiger partial charge in [-0.25, -0.2) is 0 Å². The molecule has 0 spiro atoms. The van der Waals surface area contributed by atoms with Gasteiger partial charge < -0.3 is 9.64 Å². The van der Waals surface area contributed by atoms with Gasteiger partial charge in [-0.05, 0) is 29.8 Å². The molecule has 114 valence electrons. The average molecular weight is 295 g/mol. The van der Waals surface area contributed by atoms with Crippen LogP contribution in [0.2, 0.25) is 0 Å². The van der Waals surface area contributed by atoms with E-state index in [1.54, 1.807) is 7.11 Å². The Balaban J connectivity index is 1.56. The number of anilines is 1. The first kappa shape index (κ1) is 14.4. The number of para-hydroxylation sites is 1. The van der Waals surface area contributed by atoms with Gasteiger partial charge in [0.2, 0.25) is 0 Å². The maximum absolute atomic E-state index is 5.23. The molecular weight excluding hydrogens is 274 g/mol. The quantitative estimate of drug-likeness (QED) is 0.812. The molecule has 0 radical (unpaired) electrons. The molecule has 1 fully saturated rings. The highest BCUT2D eigenvalue weighted by atomic mass is 16.5. The molecule has 1 aliphatic rings. The second kappa shape index (κ2) is 6.98. The van der Waals surface area contributed by atoms with Crippen LogP contribution in [0.1, 0.15) is 5.56 Å². The number of ether oxygens (including phenoxy) is 1. The van der Waals surface area contributed by atoms with Crippen molar-refractivity contribution in [1.29, 1.82) is 0 Å². The Hall–Kier alpha value is -2.49. The van der Waals surface area contributed by atoms with Gasteiger partial charge in [0.25, 0.3) is 0 Å². The van der Waals surface area contributed by atoms with E-state index in [4.69, 9.17) is 4.74 Å². The highest BCUT2D eigenvalue weighted by Crippen LogP contribution is 2.16. The summed E-state index contributed by atoms with van der Waals surface area (Å²) < 4.78 is 5.23. The van der Waals surface area contributed by atoms with Gasteiger partial charge in [-0.3, -0.25) is 5.01 Å². The highest BCUT2D eigenvalue weighted by Gasteiger charge is 2.15. The molecule has 4 nitrogen and oxygen atoms in total. The van der Waals surface area contributed by atoms with E-state index in [1.165, 1.54) is 5.69 Å². The molecule has 0 aliphatic carbocycles. The molecule has 1 saturated heterocycles. The van der Waals surface area contributed by atoms with Gasteiger partial charge in [-0.15, -0.1) is 0 Å². The Morgan fingerprint density at radius 2 is 1.73 bits per heavy atom. The first-order chi connectivity index (χ1) is 10.8. The van der Waals surface area contributed by atoms with Crippen molar-refractivity contribution in [1.82, 2.24) is 5.01 Å². The van der Waals surface area contributed by atoms with Gasteiger partial charge in [-0.1, -0.05) is 30.3 Å². The molecule has 0 amide bonds. The smallest absolute Gasteiger partial charge is 0.119 e. The Bertz CT molecular complexity index is 619. The zero-order valence-electron chi connectivity index (χ0n) is 12.9. The van der Waals surface area contributed by atoms with E-state index >= 15 is 0 Å². The van der Waals surface area contributed by atoms with Crippen LogP contribution in [0.5, 0.6) is 5.75 Å². The van der Waals surface area contributed by atoms with Crippen LogP contribution >= 0.6 is 0 Å². The van der Waals surface area contributed by atoms with Crippen LogP contribution in [0, 0.1) is 0 Å². The van der Waals surface area contributed by atoms with Gasteiger partial charge in [0.15, 0.2) is 0 Å². The van der Waals surface area contributed by atoms with Crippen LogP contribution in [-0.4, -0.2) is 44.5 Å². The molecule has 0 bridgehead atoms. The first-order valence-corrected chi connectivity index (χ1v) is 7.58. The molecule has 0 aromatic heterocycles. The lowest BCUT2D eigenvalue weighted by atomic mass is 10.2. The van der Waals surface area contributed by atoms with E-state index < -0.39 is 0 Å². The van der Waals surface area contributed by atoms with Gasteiger partial charge in [0, 0.05) is 18.8 Å². The van der Waals surface area contributed by atoms with E-state index in [0.29, 0.717) is 0 Å².